The Morgan fingerprint density at radius 1 is 1.35 bits per heavy atom. The van der Waals surface area contributed by atoms with E-state index in [1.807, 2.05) is 6.92 Å². The summed E-state index contributed by atoms with van der Waals surface area (Å²) in [6.45, 7) is 3.34. The van der Waals surface area contributed by atoms with Crippen molar-refractivity contribution in [1.29, 1.82) is 5.26 Å². The third kappa shape index (κ3) is 3.95. The number of carbonyl (C=O) groups is 1. The number of nitrogens with two attached hydrogens (primary N) is 1. The van der Waals surface area contributed by atoms with Crippen LogP contribution >= 0.6 is 0 Å². The first kappa shape index (κ1) is 21.9. The van der Waals surface area contributed by atoms with Crippen LogP contribution in [0.25, 0.3) is 21.9 Å². The number of hydrogen-bond donors (Lipinski definition) is 3. The van der Waals surface area contributed by atoms with Gasteiger partial charge in [0, 0.05) is 48.3 Å². The summed E-state index contributed by atoms with van der Waals surface area (Å²) in [5.74, 6) is -0.450. The van der Waals surface area contributed by atoms with Gasteiger partial charge in [-0.1, -0.05) is 0 Å². The summed E-state index contributed by atoms with van der Waals surface area (Å²) in [7, 11) is 0. The Bertz CT molecular complexity index is 1330. The van der Waals surface area contributed by atoms with Gasteiger partial charge in [-0.3, -0.25) is 10.3 Å². The molecule has 1 fully saturated rings. The number of halogens is 1. The molecule has 2 unspecified atom stereocenters. The van der Waals surface area contributed by atoms with Crippen molar-refractivity contribution >= 4 is 34.1 Å². The quantitative estimate of drug-likeness (QED) is 0.501. The third-order valence-electron chi connectivity index (χ3n) is 6.25. The minimum atomic E-state index is -0.630. The minimum Gasteiger partial charge on any atom is -0.443 e. The predicted molar refractivity (Wildman–Crippen MR) is 125 cm³/mol. The number of nitrogen functional groups attached to an aromatic ring is 1. The van der Waals surface area contributed by atoms with Crippen LogP contribution in [0, 0.1) is 30.0 Å². The number of fused-ring (bicyclic) bond motifs is 2. The Labute approximate surface area is 195 Å². The molecule has 1 saturated heterocycles. The molecule has 1 aromatic carbocycles. The lowest BCUT2D eigenvalue weighted by molar-refractivity contribution is 0.0931. The average Bonchev–Trinajstić information content (AvgIpc) is 3.34. The number of amides is 1. The molecular weight excluding hydrogens is 439 g/mol. The van der Waals surface area contributed by atoms with Gasteiger partial charge < -0.3 is 20.5 Å². The average molecular weight is 462 g/mol. The maximum Gasteiger partial charge on any atom is 0.413 e. The number of nitrogens with zero attached hydrogens (tertiary/aromatic N) is 3. The SMILES string of the molecule is Cc1c(-c2cc3cc(NC(=O)OC4CCOC4)ncc3c(N)c2F)cnc2c1NCC(C#N)C2. The normalized spacial score (nSPS) is 19.2. The molecule has 4 N–H and O–H groups in total. The largest absolute Gasteiger partial charge is 0.443 e. The number of aromatic nitrogens is 2. The zero-order valence-corrected chi connectivity index (χ0v) is 18.5. The third-order valence-corrected chi connectivity index (χ3v) is 6.25. The Kier molecular flexibility index (Phi) is 5.63. The van der Waals surface area contributed by atoms with Gasteiger partial charge >= 0.3 is 6.09 Å². The second kappa shape index (κ2) is 8.76. The zero-order valence-electron chi connectivity index (χ0n) is 18.5. The Morgan fingerprint density at radius 3 is 2.97 bits per heavy atom. The first-order chi connectivity index (χ1) is 16.4. The summed E-state index contributed by atoms with van der Waals surface area (Å²) in [6.07, 6.45) is 3.32. The molecule has 9 nitrogen and oxygen atoms in total. The number of benzene rings is 1. The highest BCUT2D eigenvalue weighted by molar-refractivity contribution is 5.99. The number of nitrogens with one attached hydrogen (secondary N) is 2. The summed E-state index contributed by atoms with van der Waals surface area (Å²) in [4.78, 5) is 20.9. The number of rotatable bonds is 3. The van der Waals surface area contributed by atoms with Gasteiger partial charge in [0.15, 0.2) is 5.82 Å². The Morgan fingerprint density at radius 2 is 2.21 bits per heavy atom. The van der Waals surface area contributed by atoms with Crippen molar-refractivity contribution < 1.29 is 18.7 Å². The van der Waals surface area contributed by atoms with Gasteiger partial charge in [0.25, 0.3) is 0 Å². The number of anilines is 3. The summed E-state index contributed by atoms with van der Waals surface area (Å²) in [5, 5.41) is 16.1. The van der Waals surface area contributed by atoms with Gasteiger partial charge in [-0.15, -0.1) is 0 Å². The molecule has 34 heavy (non-hydrogen) atoms. The van der Waals surface area contributed by atoms with Crippen molar-refractivity contribution in [3.8, 4) is 17.2 Å². The Hall–Kier alpha value is -3.97. The van der Waals surface area contributed by atoms with Crippen molar-refractivity contribution in [2.24, 2.45) is 5.92 Å². The van der Waals surface area contributed by atoms with Crippen LogP contribution in [0.5, 0.6) is 0 Å². The van der Waals surface area contributed by atoms with E-state index in [0.29, 0.717) is 54.5 Å². The summed E-state index contributed by atoms with van der Waals surface area (Å²) < 4.78 is 25.9. The molecule has 0 bridgehead atoms. The molecule has 1 amide bonds. The van der Waals surface area contributed by atoms with Crippen molar-refractivity contribution in [2.75, 3.05) is 36.1 Å². The van der Waals surface area contributed by atoms with Crippen LogP contribution in [0.2, 0.25) is 0 Å². The standard InChI is InChI=1S/C24H23FN6O3/c1-12-17(9-28-19-4-13(7-26)8-30-23(12)19)16-5-14-6-20(29-10-18(14)22(27)21(16)25)31-24(32)34-15-2-3-33-11-15/h5-6,9-10,13,15,30H,2-4,8,11,27H2,1H3,(H,29,31,32). The number of carbonyl (C=O) groups excluding carboxylic acids is 1. The molecule has 2 aromatic heterocycles. The van der Waals surface area contributed by atoms with Crippen LogP contribution in [0.3, 0.4) is 0 Å². The monoisotopic (exact) mass is 462 g/mol. The van der Waals surface area contributed by atoms with Crippen LogP contribution < -0.4 is 16.4 Å². The molecule has 0 aliphatic carbocycles. The summed E-state index contributed by atoms with van der Waals surface area (Å²) in [5.41, 5.74) is 9.42. The van der Waals surface area contributed by atoms with Crippen LogP contribution in [-0.4, -0.2) is 41.9 Å². The van der Waals surface area contributed by atoms with Crippen LogP contribution in [0.4, 0.5) is 26.4 Å². The molecule has 3 aromatic rings. The molecule has 0 spiro atoms. The fourth-order valence-corrected chi connectivity index (χ4v) is 4.39. The molecule has 10 heteroatoms. The van der Waals surface area contributed by atoms with E-state index in [1.54, 1.807) is 18.3 Å². The van der Waals surface area contributed by atoms with Crippen molar-refractivity contribution in [2.45, 2.75) is 25.9 Å². The molecule has 5 rings (SSSR count). The van der Waals surface area contributed by atoms with E-state index in [2.05, 4.69) is 26.7 Å². The molecule has 2 aliphatic heterocycles. The molecule has 0 saturated carbocycles. The Balaban J connectivity index is 1.49. The lowest BCUT2D eigenvalue weighted by Crippen LogP contribution is -2.23. The molecule has 2 aliphatic rings. The van der Waals surface area contributed by atoms with E-state index in [9.17, 15) is 10.1 Å². The molecular formula is C24H23FN6O3. The fourth-order valence-electron chi connectivity index (χ4n) is 4.39. The maximum atomic E-state index is 15.3. The van der Waals surface area contributed by atoms with Gasteiger partial charge in [0.1, 0.15) is 11.9 Å². The second-order valence-corrected chi connectivity index (χ2v) is 8.49. The summed E-state index contributed by atoms with van der Waals surface area (Å²) in [6, 6.07) is 5.55. The van der Waals surface area contributed by atoms with Crippen LogP contribution in [0.1, 0.15) is 17.7 Å². The highest BCUT2D eigenvalue weighted by Gasteiger charge is 2.24. The first-order valence-corrected chi connectivity index (χ1v) is 11.0. The van der Waals surface area contributed by atoms with E-state index in [-0.39, 0.29) is 23.5 Å². The van der Waals surface area contributed by atoms with Crippen molar-refractivity contribution in [3.63, 3.8) is 0 Å². The minimum absolute atomic E-state index is 0.0353. The van der Waals surface area contributed by atoms with E-state index < -0.39 is 11.9 Å². The molecule has 4 heterocycles. The second-order valence-electron chi connectivity index (χ2n) is 8.49. The topological polar surface area (TPSA) is 135 Å². The number of nitriles is 1. The number of pyridine rings is 2. The predicted octanol–water partition coefficient (Wildman–Crippen LogP) is 3.77. The first-order valence-electron chi connectivity index (χ1n) is 11.0. The van der Waals surface area contributed by atoms with Gasteiger partial charge in [0.2, 0.25) is 0 Å². The number of ether oxygens (including phenoxy) is 2. The summed E-state index contributed by atoms with van der Waals surface area (Å²) >= 11 is 0. The van der Waals surface area contributed by atoms with Crippen molar-refractivity contribution in [3.05, 3.63) is 41.6 Å². The van der Waals surface area contributed by atoms with E-state index in [4.69, 9.17) is 15.2 Å². The fraction of sp³-hybridized carbons (Fsp3) is 0.333. The smallest absolute Gasteiger partial charge is 0.413 e. The van der Waals surface area contributed by atoms with E-state index in [1.165, 1.54) is 6.20 Å². The zero-order chi connectivity index (χ0) is 23.8. The lowest BCUT2D eigenvalue weighted by Gasteiger charge is -2.24. The maximum absolute atomic E-state index is 15.3. The highest BCUT2D eigenvalue weighted by Crippen LogP contribution is 2.38. The van der Waals surface area contributed by atoms with Crippen LogP contribution in [-0.2, 0) is 15.9 Å². The van der Waals surface area contributed by atoms with Gasteiger partial charge in [-0.05, 0) is 30.0 Å². The lowest BCUT2D eigenvalue weighted by atomic mass is 9.92. The van der Waals surface area contributed by atoms with E-state index in [0.717, 1.165) is 16.9 Å². The highest BCUT2D eigenvalue weighted by atomic mass is 19.1. The van der Waals surface area contributed by atoms with Gasteiger partial charge in [-0.25, -0.2) is 14.2 Å². The molecule has 0 radical (unpaired) electrons. The van der Waals surface area contributed by atoms with Gasteiger partial charge in [0.05, 0.1) is 42.3 Å². The van der Waals surface area contributed by atoms with Gasteiger partial charge in [-0.2, -0.15) is 5.26 Å². The molecule has 174 valence electrons. The number of hydrogen-bond acceptors (Lipinski definition) is 8. The molecule has 2 atom stereocenters. The van der Waals surface area contributed by atoms with Crippen LogP contribution in [0.15, 0.2) is 24.5 Å². The van der Waals surface area contributed by atoms with Crippen molar-refractivity contribution in [1.82, 2.24) is 9.97 Å². The van der Waals surface area contributed by atoms with E-state index >= 15 is 4.39 Å².